The highest BCUT2D eigenvalue weighted by Crippen LogP contribution is 2.28. The third kappa shape index (κ3) is 4.31. The summed E-state index contributed by atoms with van der Waals surface area (Å²) in [6, 6.07) is -1.29. The number of hydrogen-bond acceptors (Lipinski definition) is 11. The zero-order chi connectivity index (χ0) is 19.6. The van der Waals surface area contributed by atoms with Crippen LogP contribution in [0, 0.1) is 0 Å². The van der Waals surface area contributed by atoms with E-state index in [0.29, 0.717) is 0 Å². The Morgan fingerprint density at radius 2 is 1.54 bits per heavy atom. The van der Waals surface area contributed by atoms with Crippen LogP contribution in [0.15, 0.2) is 0 Å². The molecule has 0 saturated carbocycles. The molecule has 26 heavy (non-hydrogen) atoms. The molecule has 2 aliphatic rings. The summed E-state index contributed by atoms with van der Waals surface area (Å²) in [6.07, 6.45) is -13.6. The minimum atomic E-state index is -1.73. The third-order valence-corrected chi connectivity index (χ3v) is 4.38. The summed E-state index contributed by atoms with van der Waals surface area (Å²) in [6.45, 7) is -0.195. The van der Waals surface area contributed by atoms with Gasteiger partial charge >= 0.3 is 0 Å². The summed E-state index contributed by atoms with van der Waals surface area (Å²) in [7, 11) is 0. The fourth-order valence-electron chi connectivity index (χ4n) is 2.98. The monoisotopic (exact) mass is 383 g/mol. The van der Waals surface area contributed by atoms with Gasteiger partial charge in [-0.25, -0.2) is 0 Å². The van der Waals surface area contributed by atoms with Gasteiger partial charge in [-0.05, 0) is 0 Å². The van der Waals surface area contributed by atoms with E-state index in [-0.39, 0.29) is 0 Å². The number of ether oxygens (including phenoxy) is 3. The van der Waals surface area contributed by atoms with Crippen molar-refractivity contribution < 1.29 is 54.8 Å². The minimum absolute atomic E-state index is 0.564. The fraction of sp³-hybridized carbons (Fsp3) is 0.929. The first-order valence-corrected chi connectivity index (χ1v) is 8.06. The second-order valence-electron chi connectivity index (χ2n) is 6.26. The summed E-state index contributed by atoms with van der Waals surface area (Å²) in [5.41, 5.74) is 0. The molecule has 2 saturated heterocycles. The second kappa shape index (κ2) is 8.84. The van der Waals surface area contributed by atoms with Crippen molar-refractivity contribution in [2.24, 2.45) is 0 Å². The molecule has 2 rings (SSSR count). The number of nitrogens with one attached hydrogen (secondary N) is 1. The average Bonchev–Trinajstić information content (AvgIpc) is 2.60. The number of rotatable bonds is 5. The van der Waals surface area contributed by atoms with Gasteiger partial charge < -0.3 is 55.3 Å². The Morgan fingerprint density at radius 3 is 2.08 bits per heavy atom. The van der Waals surface area contributed by atoms with Gasteiger partial charge in [0.25, 0.3) is 0 Å². The fourth-order valence-corrected chi connectivity index (χ4v) is 2.98. The van der Waals surface area contributed by atoms with Gasteiger partial charge in [-0.15, -0.1) is 0 Å². The van der Waals surface area contributed by atoms with Gasteiger partial charge in [-0.1, -0.05) is 0 Å². The minimum Gasteiger partial charge on any atom is -0.394 e. The lowest BCUT2D eigenvalue weighted by molar-refractivity contribution is -0.345. The molecule has 0 aromatic heterocycles. The van der Waals surface area contributed by atoms with Crippen molar-refractivity contribution >= 4 is 5.91 Å². The van der Waals surface area contributed by atoms with Crippen LogP contribution in [0.5, 0.6) is 0 Å². The maximum absolute atomic E-state index is 11.2. The first-order valence-electron chi connectivity index (χ1n) is 8.06. The SMILES string of the molecule is CC(=O)N[C@H]1[C@@H](O)[C@H](O[C@@H]2O[C@H](CO)[C@H](O)[C@H](O)[C@H]2O)[C@@H](CO)O[C@@H]1O. The van der Waals surface area contributed by atoms with Gasteiger partial charge in [0.05, 0.1) is 13.2 Å². The molecule has 2 heterocycles. The van der Waals surface area contributed by atoms with E-state index in [0.717, 1.165) is 6.92 Å². The van der Waals surface area contributed by atoms with Crippen LogP contribution in [0.25, 0.3) is 0 Å². The molecule has 10 atom stereocenters. The van der Waals surface area contributed by atoms with Crippen molar-refractivity contribution in [3.63, 3.8) is 0 Å². The summed E-state index contributed by atoms with van der Waals surface area (Å²) in [5, 5.41) is 70.7. The van der Waals surface area contributed by atoms with Crippen molar-refractivity contribution in [2.75, 3.05) is 13.2 Å². The number of hydrogen-bond donors (Lipinski definition) is 8. The largest absolute Gasteiger partial charge is 0.394 e. The van der Waals surface area contributed by atoms with Crippen LogP contribution in [0.4, 0.5) is 0 Å². The predicted molar refractivity (Wildman–Crippen MR) is 80.2 cm³/mol. The topological polar surface area (TPSA) is 198 Å². The summed E-state index contributed by atoms with van der Waals surface area (Å²) in [4.78, 5) is 11.2. The lowest BCUT2D eigenvalue weighted by Crippen LogP contribution is -2.67. The number of carbonyl (C=O) groups excluding carboxylic acids is 1. The van der Waals surface area contributed by atoms with Crippen molar-refractivity contribution in [1.29, 1.82) is 0 Å². The van der Waals surface area contributed by atoms with Crippen molar-refractivity contribution in [2.45, 2.75) is 68.3 Å². The molecule has 0 unspecified atom stereocenters. The first kappa shape index (κ1) is 21.4. The van der Waals surface area contributed by atoms with E-state index < -0.39 is 80.5 Å². The molecule has 0 radical (unpaired) electrons. The highest BCUT2D eigenvalue weighted by atomic mass is 16.7. The van der Waals surface area contributed by atoms with E-state index in [2.05, 4.69) is 5.32 Å². The predicted octanol–water partition coefficient (Wildman–Crippen LogP) is -5.25. The van der Waals surface area contributed by atoms with Gasteiger partial charge in [-0.2, -0.15) is 0 Å². The van der Waals surface area contributed by atoms with Gasteiger partial charge in [-0.3, -0.25) is 4.79 Å². The molecule has 2 fully saturated rings. The van der Waals surface area contributed by atoms with E-state index in [1.807, 2.05) is 0 Å². The van der Waals surface area contributed by atoms with Crippen LogP contribution in [-0.4, -0.2) is 116 Å². The molecule has 0 aliphatic carbocycles. The van der Waals surface area contributed by atoms with Crippen molar-refractivity contribution in [3.05, 3.63) is 0 Å². The van der Waals surface area contributed by atoms with Crippen LogP contribution >= 0.6 is 0 Å². The quantitative estimate of drug-likeness (QED) is 0.226. The molecule has 12 nitrogen and oxygen atoms in total. The molecule has 0 bridgehead atoms. The van der Waals surface area contributed by atoms with E-state index in [1.54, 1.807) is 0 Å². The zero-order valence-electron chi connectivity index (χ0n) is 14.0. The summed E-state index contributed by atoms with van der Waals surface area (Å²) in [5.74, 6) is -0.564. The highest BCUT2D eigenvalue weighted by molar-refractivity contribution is 5.73. The van der Waals surface area contributed by atoms with Crippen LogP contribution in [0.1, 0.15) is 6.92 Å². The molecule has 1 amide bonds. The van der Waals surface area contributed by atoms with E-state index >= 15 is 0 Å². The molecule has 12 heteroatoms. The van der Waals surface area contributed by atoms with Crippen LogP contribution < -0.4 is 5.32 Å². The highest BCUT2D eigenvalue weighted by Gasteiger charge is 2.50. The second-order valence-corrected chi connectivity index (χ2v) is 6.26. The molecule has 0 aromatic rings. The molecule has 0 aromatic carbocycles. The van der Waals surface area contributed by atoms with Gasteiger partial charge in [0.1, 0.15) is 48.8 Å². The molecule has 0 spiro atoms. The Hall–Kier alpha value is -0.930. The van der Waals surface area contributed by atoms with Crippen molar-refractivity contribution in [1.82, 2.24) is 5.32 Å². The summed E-state index contributed by atoms with van der Waals surface area (Å²) >= 11 is 0. The number of aliphatic hydroxyl groups is 7. The first-order chi connectivity index (χ1) is 12.2. The number of aliphatic hydroxyl groups excluding tert-OH is 7. The Bertz CT molecular complexity index is 478. The Morgan fingerprint density at radius 1 is 0.923 bits per heavy atom. The standard InChI is InChI=1S/C14H25NO11/c1-4(18)15-7-9(20)12(6(3-17)24-13(7)23)26-14-11(22)10(21)8(19)5(2-16)25-14/h5-14,16-17,19-23H,2-3H2,1H3,(H,15,18)/t5-,6-,7+,8+,9-,10+,11-,12-,13+,14+/m1/s1. The van der Waals surface area contributed by atoms with E-state index in [9.17, 15) is 40.5 Å². The molecule has 152 valence electrons. The normalized spacial score (nSPS) is 46.8. The van der Waals surface area contributed by atoms with Crippen LogP contribution in [0.2, 0.25) is 0 Å². The number of carbonyl (C=O) groups is 1. The molecule has 8 N–H and O–H groups in total. The lowest BCUT2D eigenvalue weighted by atomic mass is 9.95. The van der Waals surface area contributed by atoms with Gasteiger partial charge in [0.2, 0.25) is 5.91 Å². The Kier molecular flexibility index (Phi) is 7.27. The Labute approximate surface area is 148 Å². The number of amides is 1. The summed E-state index contributed by atoms with van der Waals surface area (Å²) < 4.78 is 15.7. The van der Waals surface area contributed by atoms with E-state index in [4.69, 9.17) is 14.2 Å². The van der Waals surface area contributed by atoms with Gasteiger partial charge in [0.15, 0.2) is 12.6 Å². The van der Waals surface area contributed by atoms with Crippen molar-refractivity contribution in [3.8, 4) is 0 Å². The maximum atomic E-state index is 11.2. The van der Waals surface area contributed by atoms with Crippen LogP contribution in [-0.2, 0) is 19.0 Å². The maximum Gasteiger partial charge on any atom is 0.217 e. The smallest absolute Gasteiger partial charge is 0.217 e. The zero-order valence-corrected chi connectivity index (χ0v) is 14.0. The molecular formula is C14H25NO11. The third-order valence-electron chi connectivity index (χ3n) is 4.38. The Balaban J connectivity index is 2.16. The average molecular weight is 383 g/mol. The molecule has 2 aliphatic heterocycles. The lowest BCUT2D eigenvalue weighted by Gasteiger charge is -2.46. The van der Waals surface area contributed by atoms with Gasteiger partial charge in [0, 0.05) is 6.92 Å². The van der Waals surface area contributed by atoms with E-state index in [1.165, 1.54) is 0 Å². The molecular weight excluding hydrogens is 358 g/mol. The van der Waals surface area contributed by atoms with Crippen LogP contribution in [0.3, 0.4) is 0 Å².